The van der Waals surface area contributed by atoms with Gasteiger partial charge in [-0.2, -0.15) is 0 Å². The molecule has 0 aliphatic rings. The van der Waals surface area contributed by atoms with Gasteiger partial charge >= 0.3 is 5.97 Å². The number of hydrogen-bond donors (Lipinski definition) is 2. The zero-order chi connectivity index (χ0) is 13.9. The maximum absolute atomic E-state index is 9.98. The van der Waals surface area contributed by atoms with Crippen LogP contribution in [-0.4, -0.2) is 49.2 Å². The van der Waals surface area contributed by atoms with E-state index in [4.69, 9.17) is 14.9 Å². The van der Waals surface area contributed by atoms with Gasteiger partial charge in [-0.25, -0.2) is 0 Å². The van der Waals surface area contributed by atoms with Crippen LogP contribution >= 0.6 is 0 Å². The van der Waals surface area contributed by atoms with Crippen LogP contribution in [0.4, 0.5) is 0 Å². The highest BCUT2D eigenvalue weighted by atomic mass is 16.5. The van der Waals surface area contributed by atoms with Gasteiger partial charge in [-0.15, -0.1) is 0 Å². The molecule has 0 aromatic heterocycles. The molecule has 106 valence electrons. The molecule has 5 nitrogen and oxygen atoms in total. The number of ether oxygens (including phenoxy) is 2. The van der Waals surface area contributed by atoms with Gasteiger partial charge in [0, 0.05) is 33.4 Å². The molecule has 0 saturated carbocycles. The number of carbonyl (C=O) groups excluding carboxylic acids is 1. The van der Waals surface area contributed by atoms with Gasteiger partial charge in [0.05, 0.1) is 6.61 Å². The first kappa shape index (κ1) is 21.6. The van der Waals surface area contributed by atoms with Crippen molar-refractivity contribution < 1.29 is 24.5 Å². The van der Waals surface area contributed by atoms with Crippen molar-refractivity contribution in [2.75, 3.05) is 33.0 Å². The summed E-state index contributed by atoms with van der Waals surface area (Å²) in [5, 5.41) is 15.8. The van der Waals surface area contributed by atoms with Gasteiger partial charge in [-0.3, -0.25) is 4.79 Å². The van der Waals surface area contributed by atoms with Crippen LogP contribution in [0.5, 0.6) is 0 Å². The number of carbonyl (C=O) groups is 1. The fraction of sp³-hybridized carbons (Fsp3) is 0.917. The van der Waals surface area contributed by atoms with E-state index < -0.39 is 0 Å². The number of aliphatic hydroxyl groups is 2. The Morgan fingerprint density at radius 2 is 1.53 bits per heavy atom. The fourth-order valence-corrected chi connectivity index (χ4v) is 0.521. The first-order valence-electron chi connectivity index (χ1n) is 6.03. The first-order chi connectivity index (χ1) is 8.10. The van der Waals surface area contributed by atoms with Crippen molar-refractivity contribution in [1.29, 1.82) is 0 Å². The zero-order valence-corrected chi connectivity index (χ0v) is 11.6. The minimum absolute atomic E-state index is 0.0938. The van der Waals surface area contributed by atoms with E-state index in [1.54, 1.807) is 0 Å². The molecule has 2 N–H and O–H groups in total. The summed E-state index contributed by atoms with van der Waals surface area (Å²) in [6, 6.07) is 0. The van der Waals surface area contributed by atoms with E-state index in [-0.39, 0.29) is 19.2 Å². The summed E-state index contributed by atoms with van der Waals surface area (Å²) in [5.41, 5.74) is 0. The minimum atomic E-state index is -0.193. The predicted octanol–water partition coefficient (Wildman–Crippen LogP) is 1.36. The maximum atomic E-state index is 9.98. The van der Waals surface area contributed by atoms with E-state index >= 15 is 0 Å². The van der Waals surface area contributed by atoms with Crippen molar-refractivity contribution in [2.45, 2.75) is 40.5 Å². The predicted molar refractivity (Wildman–Crippen MR) is 67.9 cm³/mol. The average molecular weight is 252 g/mol. The van der Waals surface area contributed by atoms with Gasteiger partial charge < -0.3 is 19.7 Å². The van der Waals surface area contributed by atoms with Crippen LogP contribution in [0.2, 0.25) is 0 Å². The zero-order valence-electron chi connectivity index (χ0n) is 11.6. The van der Waals surface area contributed by atoms with Crippen molar-refractivity contribution in [2.24, 2.45) is 0 Å². The average Bonchev–Trinajstić information content (AvgIpc) is 2.30. The second-order valence-electron chi connectivity index (χ2n) is 2.92. The summed E-state index contributed by atoms with van der Waals surface area (Å²) in [6.07, 6.45) is 1.40. The molecule has 0 aromatic carbocycles. The lowest BCUT2D eigenvalue weighted by atomic mass is 10.5. The summed E-state index contributed by atoms with van der Waals surface area (Å²) >= 11 is 0. The van der Waals surface area contributed by atoms with E-state index in [2.05, 4.69) is 4.74 Å². The smallest absolute Gasteiger partial charge is 0.302 e. The van der Waals surface area contributed by atoms with E-state index in [0.717, 1.165) is 19.6 Å². The standard InChI is InChI=1S/C5H10O2.C4H10O.C3H8O2/c1-3-4-7-5(2)6;1-3-5-4-2;4-2-1-3-5/h3-4H2,1-2H3;3-4H2,1-2H3;4-5H,1-3H2. The molecular weight excluding hydrogens is 224 g/mol. The molecule has 17 heavy (non-hydrogen) atoms. The molecule has 0 spiro atoms. The van der Waals surface area contributed by atoms with Gasteiger partial charge in [-0.05, 0) is 26.7 Å². The van der Waals surface area contributed by atoms with E-state index in [1.807, 2.05) is 20.8 Å². The highest BCUT2D eigenvalue weighted by molar-refractivity contribution is 5.65. The third-order valence-corrected chi connectivity index (χ3v) is 1.23. The molecule has 0 atom stereocenters. The largest absolute Gasteiger partial charge is 0.466 e. The Bertz CT molecular complexity index is 118. The second-order valence-corrected chi connectivity index (χ2v) is 2.92. The molecule has 0 radical (unpaired) electrons. The van der Waals surface area contributed by atoms with Crippen molar-refractivity contribution in [3.8, 4) is 0 Å². The number of aliphatic hydroxyl groups excluding tert-OH is 2. The Balaban J connectivity index is -0.000000177. The van der Waals surface area contributed by atoms with Crippen LogP contribution in [0.1, 0.15) is 40.5 Å². The van der Waals surface area contributed by atoms with Crippen molar-refractivity contribution in [3.05, 3.63) is 0 Å². The molecule has 0 heterocycles. The third-order valence-electron chi connectivity index (χ3n) is 1.23. The molecule has 0 saturated heterocycles. The molecule has 5 heteroatoms. The third kappa shape index (κ3) is 50.6. The number of hydrogen-bond acceptors (Lipinski definition) is 5. The van der Waals surface area contributed by atoms with E-state index in [0.29, 0.717) is 13.0 Å². The molecule has 0 unspecified atom stereocenters. The molecule has 0 rings (SSSR count). The molecule has 0 amide bonds. The Morgan fingerprint density at radius 1 is 1.06 bits per heavy atom. The molecule has 0 aromatic rings. The van der Waals surface area contributed by atoms with Crippen LogP contribution in [0.3, 0.4) is 0 Å². The summed E-state index contributed by atoms with van der Waals surface area (Å²) in [4.78, 5) is 9.98. The number of esters is 1. The van der Waals surface area contributed by atoms with E-state index in [9.17, 15) is 4.79 Å². The Hall–Kier alpha value is -0.650. The first-order valence-corrected chi connectivity index (χ1v) is 6.03. The lowest BCUT2D eigenvalue weighted by Gasteiger charge is -1.93. The minimum Gasteiger partial charge on any atom is -0.466 e. The molecule has 0 fully saturated rings. The van der Waals surface area contributed by atoms with Crippen molar-refractivity contribution in [3.63, 3.8) is 0 Å². The van der Waals surface area contributed by atoms with Gasteiger partial charge in [0.15, 0.2) is 0 Å². The maximum Gasteiger partial charge on any atom is 0.302 e. The summed E-state index contributed by atoms with van der Waals surface area (Å²) in [5.74, 6) is -0.193. The Labute approximate surface area is 105 Å². The summed E-state index contributed by atoms with van der Waals surface area (Å²) in [6.45, 7) is 9.78. The number of rotatable bonds is 6. The fourth-order valence-electron chi connectivity index (χ4n) is 0.521. The molecular formula is C12H28O5. The Kier molecular flexibility index (Phi) is 31.2. The Morgan fingerprint density at radius 3 is 1.59 bits per heavy atom. The SMILES string of the molecule is CCCOC(C)=O.CCOCC.OCCCO. The second kappa shape index (κ2) is 24.5. The van der Waals surface area contributed by atoms with Crippen molar-refractivity contribution >= 4 is 5.97 Å². The lowest BCUT2D eigenvalue weighted by molar-refractivity contribution is -0.140. The van der Waals surface area contributed by atoms with Crippen LogP contribution in [0, 0.1) is 0 Å². The van der Waals surface area contributed by atoms with Crippen LogP contribution in [0.25, 0.3) is 0 Å². The van der Waals surface area contributed by atoms with Gasteiger partial charge in [0.1, 0.15) is 0 Å². The van der Waals surface area contributed by atoms with Gasteiger partial charge in [0.2, 0.25) is 0 Å². The monoisotopic (exact) mass is 252 g/mol. The van der Waals surface area contributed by atoms with Crippen LogP contribution in [0.15, 0.2) is 0 Å². The molecule has 0 aliphatic carbocycles. The van der Waals surface area contributed by atoms with Gasteiger partial charge in [-0.1, -0.05) is 6.92 Å². The van der Waals surface area contributed by atoms with Crippen LogP contribution < -0.4 is 0 Å². The lowest BCUT2D eigenvalue weighted by Crippen LogP contribution is -1.98. The highest BCUT2D eigenvalue weighted by Gasteiger charge is 1.85. The summed E-state index contributed by atoms with van der Waals surface area (Å²) < 4.78 is 9.39. The normalized spacial score (nSPS) is 8.35. The van der Waals surface area contributed by atoms with Crippen molar-refractivity contribution in [1.82, 2.24) is 0 Å². The topological polar surface area (TPSA) is 76.0 Å². The quantitative estimate of drug-likeness (QED) is 0.698. The highest BCUT2D eigenvalue weighted by Crippen LogP contribution is 1.78. The van der Waals surface area contributed by atoms with E-state index in [1.165, 1.54) is 6.92 Å². The molecule has 0 bridgehead atoms. The van der Waals surface area contributed by atoms with Gasteiger partial charge in [0.25, 0.3) is 0 Å². The molecule has 0 aliphatic heterocycles. The summed E-state index contributed by atoms with van der Waals surface area (Å²) in [7, 11) is 0. The van der Waals surface area contributed by atoms with Crippen LogP contribution in [-0.2, 0) is 14.3 Å².